The van der Waals surface area contributed by atoms with Crippen LogP contribution in [0.2, 0.25) is 5.02 Å². The Morgan fingerprint density at radius 2 is 1.47 bits per heavy atom. The van der Waals surface area contributed by atoms with Gasteiger partial charge in [-0.1, -0.05) is 60.1 Å². The summed E-state index contributed by atoms with van der Waals surface area (Å²) in [6.45, 7) is 0. The highest BCUT2D eigenvalue weighted by molar-refractivity contribution is 6.30. The molecule has 1 N–H and O–H groups in total. The Kier molecular flexibility index (Phi) is 3.24. The van der Waals surface area contributed by atoms with Crippen molar-refractivity contribution in [3.05, 3.63) is 82.9 Å². The second kappa shape index (κ2) is 5.04. The summed E-state index contributed by atoms with van der Waals surface area (Å²) in [6.07, 6.45) is -0.650. The van der Waals surface area contributed by atoms with Crippen LogP contribution in [0.3, 0.4) is 0 Å². The lowest BCUT2D eigenvalue weighted by Crippen LogP contribution is -1.99. The minimum Gasteiger partial charge on any atom is -0.384 e. The zero-order chi connectivity index (χ0) is 13.2. The maximum atomic E-state index is 10.4. The van der Waals surface area contributed by atoms with Crippen molar-refractivity contribution in [2.75, 3.05) is 0 Å². The standard InChI is InChI=1S/C17H13ClO/c18-16-7-3-6-14(11-16)17(19)15-9-8-12-4-1-2-5-13(12)10-15/h1-11,17,19H. The number of halogens is 1. The van der Waals surface area contributed by atoms with Crippen molar-refractivity contribution < 1.29 is 5.11 Å². The van der Waals surface area contributed by atoms with E-state index in [2.05, 4.69) is 6.07 Å². The van der Waals surface area contributed by atoms with Crippen LogP contribution >= 0.6 is 11.6 Å². The molecule has 2 heteroatoms. The van der Waals surface area contributed by atoms with Crippen molar-refractivity contribution >= 4 is 22.4 Å². The first-order chi connectivity index (χ1) is 9.24. The Balaban J connectivity index is 2.04. The number of aliphatic hydroxyl groups is 1. The molecule has 0 heterocycles. The van der Waals surface area contributed by atoms with Crippen LogP contribution in [0.1, 0.15) is 17.2 Å². The van der Waals surface area contributed by atoms with Crippen LogP contribution in [0, 0.1) is 0 Å². The SMILES string of the molecule is OC(c1cccc(Cl)c1)c1ccc2ccccc2c1. The van der Waals surface area contributed by atoms with Crippen LogP contribution in [0.4, 0.5) is 0 Å². The topological polar surface area (TPSA) is 20.2 Å². The lowest BCUT2D eigenvalue weighted by Gasteiger charge is -2.12. The molecule has 1 unspecified atom stereocenters. The number of hydrogen-bond acceptors (Lipinski definition) is 1. The van der Waals surface area contributed by atoms with Crippen molar-refractivity contribution in [3.63, 3.8) is 0 Å². The van der Waals surface area contributed by atoms with E-state index in [1.165, 1.54) is 5.39 Å². The molecule has 0 aromatic heterocycles. The lowest BCUT2D eigenvalue weighted by molar-refractivity contribution is 0.220. The number of fused-ring (bicyclic) bond motifs is 1. The van der Waals surface area contributed by atoms with Crippen molar-refractivity contribution in [1.82, 2.24) is 0 Å². The molecule has 3 aromatic rings. The van der Waals surface area contributed by atoms with Gasteiger partial charge in [0, 0.05) is 5.02 Å². The molecule has 0 fully saturated rings. The molecule has 0 aliphatic carbocycles. The first kappa shape index (κ1) is 12.2. The highest BCUT2D eigenvalue weighted by Gasteiger charge is 2.11. The van der Waals surface area contributed by atoms with Gasteiger partial charge in [-0.15, -0.1) is 0 Å². The van der Waals surface area contributed by atoms with Gasteiger partial charge in [-0.05, 0) is 40.1 Å². The molecule has 0 bridgehead atoms. The highest BCUT2D eigenvalue weighted by atomic mass is 35.5. The third-order valence-electron chi connectivity index (χ3n) is 3.25. The van der Waals surface area contributed by atoms with E-state index < -0.39 is 6.10 Å². The summed E-state index contributed by atoms with van der Waals surface area (Å²) < 4.78 is 0. The third kappa shape index (κ3) is 2.48. The molecule has 3 rings (SSSR count). The maximum absolute atomic E-state index is 10.4. The van der Waals surface area contributed by atoms with Gasteiger partial charge >= 0.3 is 0 Å². The van der Waals surface area contributed by atoms with Crippen LogP contribution in [0.5, 0.6) is 0 Å². The van der Waals surface area contributed by atoms with Crippen molar-refractivity contribution in [2.45, 2.75) is 6.10 Å². The maximum Gasteiger partial charge on any atom is 0.104 e. The summed E-state index contributed by atoms with van der Waals surface area (Å²) >= 11 is 5.96. The second-order valence-corrected chi connectivity index (χ2v) is 5.00. The molecule has 0 saturated carbocycles. The van der Waals surface area contributed by atoms with Crippen molar-refractivity contribution in [2.24, 2.45) is 0 Å². The first-order valence-corrected chi connectivity index (χ1v) is 6.54. The molecule has 19 heavy (non-hydrogen) atoms. The zero-order valence-corrected chi connectivity index (χ0v) is 11.0. The van der Waals surface area contributed by atoms with Gasteiger partial charge in [-0.25, -0.2) is 0 Å². The summed E-state index contributed by atoms with van der Waals surface area (Å²) in [5.41, 5.74) is 1.68. The van der Waals surface area contributed by atoms with Gasteiger partial charge in [-0.2, -0.15) is 0 Å². The average Bonchev–Trinajstić information content (AvgIpc) is 2.46. The van der Waals surface area contributed by atoms with Gasteiger partial charge in [-0.3, -0.25) is 0 Å². The smallest absolute Gasteiger partial charge is 0.104 e. The van der Waals surface area contributed by atoms with Crippen LogP contribution in [-0.4, -0.2) is 5.11 Å². The van der Waals surface area contributed by atoms with Crippen molar-refractivity contribution in [1.29, 1.82) is 0 Å². The van der Waals surface area contributed by atoms with Crippen LogP contribution < -0.4 is 0 Å². The number of rotatable bonds is 2. The minimum atomic E-state index is -0.650. The monoisotopic (exact) mass is 268 g/mol. The average molecular weight is 269 g/mol. The predicted octanol–water partition coefficient (Wildman–Crippen LogP) is 4.57. The van der Waals surface area contributed by atoms with Crippen LogP contribution in [0.15, 0.2) is 66.7 Å². The summed E-state index contributed by atoms with van der Waals surface area (Å²) in [5, 5.41) is 13.4. The van der Waals surface area contributed by atoms with E-state index in [-0.39, 0.29) is 0 Å². The van der Waals surface area contributed by atoms with Gasteiger partial charge in [0.2, 0.25) is 0 Å². The third-order valence-corrected chi connectivity index (χ3v) is 3.49. The number of hydrogen-bond donors (Lipinski definition) is 1. The van der Waals surface area contributed by atoms with E-state index >= 15 is 0 Å². The molecular weight excluding hydrogens is 256 g/mol. The molecule has 3 aromatic carbocycles. The summed E-state index contributed by atoms with van der Waals surface area (Å²) in [7, 11) is 0. The van der Waals surface area contributed by atoms with Gasteiger partial charge in [0.25, 0.3) is 0 Å². The molecule has 0 aliphatic heterocycles. The molecule has 94 valence electrons. The van der Waals surface area contributed by atoms with Crippen molar-refractivity contribution in [3.8, 4) is 0 Å². The van der Waals surface area contributed by atoms with E-state index in [0.29, 0.717) is 5.02 Å². The Bertz CT molecular complexity index is 721. The van der Waals surface area contributed by atoms with Gasteiger partial charge < -0.3 is 5.11 Å². The Morgan fingerprint density at radius 1 is 0.737 bits per heavy atom. The quantitative estimate of drug-likeness (QED) is 0.722. The fourth-order valence-corrected chi connectivity index (χ4v) is 2.45. The van der Waals surface area contributed by atoms with E-state index in [1.54, 1.807) is 12.1 Å². The van der Waals surface area contributed by atoms with Gasteiger partial charge in [0.1, 0.15) is 6.10 Å². The van der Waals surface area contributed by atoms with E-state index in [1.807, 2.05) is 48.5 Å². The highest BCUT2D eigenvalue weighted by Crippen LogP contribution is 2.26. The zero-order valence-electron chi connectivity index (χ0n) is 10.3. The summed E-state index contributed by atoms with van der Waals surface area (Å²) in [4.78, 5) is 0. The largest absolute Gasteiger partial charge is 0.384 e. The molecule has 0 saturated heterocycles. The molecule has 1 atom stereocenters. The summed E-state index contributed by atoms with van der Waals surface area (Å²) in [6, 6.07) is 21.4. The second-order valence-electron chi connectivity index (χ2n) is 4.56. The van der Waals surface area contributed by atoms with E-state index in [4.69, 9.17) is 11.6 Å². The summed E-state index contributed by atoms with van der Waals surface area (Å²) in [5.74, 6) is 0. The van der Waals surface area contributed by atoms with Crippen LogP contribution in [0.25, 0.3) is 10.8 Å². The first-order valence-electron chi connectivity index (χ1n) is 6.16. The van der Waals surface area contributed by atoms with Crippen LogP contribution in [-0.2, 0) is 0 Å². The Morgan fingerprint density at radius 3 is 2.26 bits per heavy atom. The fraction of sp³-hybridized carbons (Fsp3) is 0.0588. The normalized spacial score (nSPS) is 12.5. The lowest BCUT2D eigenvalue weighted by atomic mass is 9.99. The number of benzene rings is 3. The molecule has 0 aliphatic rings. The Hall–Kier alpha value is -1.83. The predicted molar refractivity (Wildman–Crippen MR) is 79.5 cm³/mol. The van der Waals surface area contributed by atoms with E-state index in [0.717, 1.165) is 16.5 Å². The molecular formula is C17H13ClO. The molecule has 0 radical (unpaired) electrons. The molecule has 0 spiro atoms. The fourth-order valence-electron chi connectivity index (χ4n) is 2.25. The number of aliphatic hydroxyl groups excluding tert-OH is 1. The molecule has 0 amide bonds. The van der Waals surface area contributed by atoms with Gasteiger partial charge in [0.15, 0.2) is 0 Å². The minimum absolute atomic E-state index is 0.636. The van der Waals surface area contributed by atoms with E-state index in [9.17, 15) is 5.11 Å². The Labute approximate surface area is 117 Å². The molecule has 1 nitrogen and oxygen atoms in total. The van der Waals surface area contributed by atoms with Gasteiger partial charge in [0.05, 0.1) is 0 Å².